The van der Waals surface area contributed by atoms with Crippen LogP contribution in [0.1, 0.15) is 45.2 Å². The first kappa shape index (κ1) is 14.2. The van der Waals surface area contributed by atoms with Crippen LogP contribution in [-0.4, -0.2) is 10.5 Å². The van der Waals surface area contributed by atoms with Crippen molar-refractivity contribution in [3.63, 3.8) is 0 Å². The summed E-state index contributed by atoms with van der Waals surface area (Å²) in [4.78, 5) is 0. The van der Waals surface area contributed by atoms with Crippen molar-refractivity contribution in [2.24, 2.45) is 4.40 Å². The van der Waals surface area contributed by atoms with E-state index in [-0.39, 0.29) is 10.3 Å². The molecular formula is C13H17F2NS. The van der Waals surface area contributed by atoms with Crippen LogP contribution in [0.4, 0.5) is 8.78 Å². The number of hydrogen-bond donors (Lipinski definition) is 0. The van der Waals surface area contributed by atoms with Gasteiger partial charge in [0.1, 0.15) is 0 Å². The van der Waals surface area contributed by atoms with Crippen LogP contribution in [-0.2, 0) is 0 Å². The van der Waals surface area contributed by atoms with Crippen molar-refractivity contribution in [3.8, 4) is 0 Å². The number of nitrogens with zero attached hydrogens (tertiary/aromatic N) is 1. The summed E-state index contributed by atoms with van der Waals surface area (Å²) in [6, 6.07) is 6.36. The summed E-state index contributed by atoms with van der Waals surface area (Å²) in [5, 5.41) is 0. The number of benzene rings is 1. The van der Waals surface area contributed by atoms with E-state index in [9.17, 15) is 8.78 Å². The molecule has 0 aliphatic heterocycles. The van der Waals surface area contributed by atoms with Gasteiger partial charge < -0.3 is 0 Å². The fraction of sp³-hybridized carbons (Fsp3) is 0.462. The molecule has 1 aromatic carbocycles. The Morgan fingerprint density at radius 2 is 1.94 bits per heavy atom. The highest BCUT2D eigenvalue weighted by Crippen LogP contribution is 2.26. The molecule has 0 saturated carbocycles. The first-order valence-corrected chi connectivity index (χ1v) is 6.18. The van der Waals surface area contributed by atoms with E-state index < -0.39 is 6.43 Å². The minimum absolute atomic E-state index is 0.0294. The van der Waals surface area contributed by atoms with Crippen LogP contribution in [0.3, 0.4) is 0 Å². The summed E-state index contributed by atoms with van der Waals surface area (Å²) in [5.41, 5.74) is 1.56. The fourth-order valence-corrected chi connectivity index (χ4v) is 1.67. The average Bonchev–Trinajstić information content (AvgIpc) is 2.25. The van der Waals surface area contributed by atoms with Crippen molar-refractivity contribution >= 4 is 17.7 Å². The second-order valence-corrected chi connectivity index (χ2v) is 6.40. The van der Waals surface area contributed by atoms with E-state index in [0.717, 1.165) is 11.3 Å². The van der Waals surface area contributed by atoms with Gasteiger partial charge in [-0.2, -0.15) is 0 Å². The molecule has 1 nitrogen and oxygen atoms in total. The Morgan fingerprint density at radius 3 is 2.47 bits per heavy atom. The van der Waals surface area contributed by atoms with Crippen LogP contribution in [0.25, 0.3) is 0 Å². The maximum atomic E-state index is 12.5. The second kappa shape index (κ2) is 5.63. The van der Waals surface area contributed by atoms with Gasteiger partial charge in [0.25, 0.3) is 6.43 Å². The molecule has 0 aliphatic rings. The van der Waals surface area contributed by atoms with Gasteiger partial charge in [-0.1, -0.05) is 18.2 Å². The van der Waals surface area contributed by atoms with Gasteiger partial charge in [0, 0.05) is 10.3 Å². The molecule has 0 bridgehead atoms. The highest BCUT2D eigenvalue weighted by Gasteiger charge is 2.11. The molecule has 0 N–H and O–H groups in total. The number of halogens is 2. The highest BCUT2D eigenvalue weighted by atomic mass is 32.2. The Labute approximate surface area is 105 Å². The maximum absolute atomic E-state index is 12.5. The third-order valence-corrected chi connectivity index (χ3v) is 2.93. The lowest BCUT2D eigenvalue weighted by molar-refractivity contribution is 0.151. The van der Waals surface area contributed by atoms with E-state index in [1.165, 1.54) is 24.1 Å². The quantitative estimate of drug-likeness (QED) is 0.555. The zero-order chi connectivity index (χ0) is 13.1. The van der Waals surface area contributed by atoms with E-state index in [2.05, 4.69) is 25.2 Å². The smallest absolute Gasteiger partial charge is 0.220 e. The lowest BCUT2D eigenvalue weighted by Gasteiger charge is -2.13. The zero-order valence-electron chi connectivity index (χ0n) is 10.5. The molecule has 4 heteroatoms. The van der Waals surface area contributed by atoms with Crippen LogP contribution in [0, 0.1) is 0 Å². The monoisotopic (exact) mass is 257 g/mol. The van der Waals surface area contributed by atoms with Crippen molar-refractivity contribution in [1.29, 1.82) is 0 Å². The van der Waals surface area contributed by atoms with Crippen molar-refractivity contribution in [1.82, 2.24) is 0 Å². The maximum Gasteiger partial charge on any atom is 0.263 e. The number of rotatable bonds is 3. The SMILES string of the molecule is CC(=NSC(C)(C)C)c1cccc(C(F)F)c1. The first-order valence-electron chi connectivity index (χ1n) is 5.41. The first-order chi connectivity index (χ1) is 7.79. The molecule has 0 radical (unpaired) electrons. The van der Waals surface area contributed by atoms with Gasteiger partial charge >= 0.3 is 0 Å². The highest BCUT2D eigenvalue weighted by molar-refractivity contribution is 7.99. The molecule has 0 spiro atoms. The Morgan fingerprint density at radius 1 is 1.29 bits per heavy atom. The summed E-state index contributed by atoms with van der Waals surface area (Å²) in [7, 11) is 0. The van der Waals surface area contributed by atoms with Gasteiger partial charge in [-0.25, -0.2) is 13.2 Å². The molecule has 0 fully saturated rings. The van der Waals surface area contributed by atoms with Crippen molar-refractivity contribution in [2.75, 3.05) is 0 Å². The third-order valence-electron chi connectivity index (χ3n) is 2.01. The summed E-state index contributed by atoms with van der Waals surface area (Å²) in [5.74, 6) is 0. The Balaban J connectivity index is 2.89. The molecule has 0 saturated heterocycles. The zero-order valence-corrected chi connectivity index (χ0v) is 11.3. The summed E-state index contributed by atoms with van der Waals surface area (Å²) in [6.45, 7) is 8.02. The Hall–Kier alpha value is -0.900. The molecule has 1 rings (SSSR count). The molecule has 17 heavy (non-hydrogen) atoms. The van der Waals surface area contributed by atoms with Crippen LogP contribution in [0.2, 0.25) is 0 Å². The molecule has 94 valence electrons. The fourth-order valence-electron chi connectivity index (χ4n) is 1.16. The standard InChI is InChI=1S/C13H17F2NS/c1-9(16-17-13(2,3)4)10-6-5-7-11(8-10)12(14)15/h5-8,12H,1-4H3. The van der Waals surface area contributed by atoms with E-state index in [1.807, 2.05) is 6.92 Å². The van der Waals surface area contributed by atoms with Gasteiger partial charge in [-0.15, -0.1) is 0 Å². The number of alkyl halides is 2. The van der Waals surface area contributed by atoms with Gasteiger partial charge in [0.2, 0.25) is 0 Å². The summed E-state index contributed by atoms with van der Waals surface area (Å²) >= 11 is 1.45. The van der Waals surface area contributed by atoms with Crippen LogP contribution in [0.5, 0.6) is 0 Å². The van der Waals surface area contributed by atoms with E-state index in [4.69, 9.17) is 0 Å². The lowest BCUT2D eigenvalue weighted by atomic mass is 10.1. The van der Waals surface area contributed by atoms with Crippen LogP contribution in [0.15, 0.2) is 28.7 Å². The second-order valence-electron chi connectivity index (χ2n) is 4.81. The molecular weight excluding hydrogens is 240 g/mol. The van der Waals surface area contributed by atoms with Gasteiger partial charge in [0.05, 0.1) is 5.71 Å². The predicted molar refractivity (Wildman–Crippen MR) is 71.0 cm³/mol. The topological polar surface area (TPSA) is 12.4 Å². The summed E-state index contributed by atoms with van der Waals surface area (Å²) in [6.07, 6.45) is -2.43. The van der Waals surface area contributed by atoms with Crippen LogP contribution < -0.4 is 0 Å². The van der Waals surface area contributed by atoms with E-state index in [1.54, 1.807) is 12.1 Å². The molecule has 0 amide bonds. The largest absolute Gasteiger partial charge is 0.263 e. The van der Waals surface area contributed by atoms with E-state index >= 15 is 0 Å². The molecule has 1 aromatic rings. The molecule has 0 aliphatic carbocycles. The normalized spacial score (nSPS) is 13.2. The van der Waals surface area contributed by atoms with Gasteiger partial charge in [0.15, 0.2) is 0 Å². The van der Waals surface area contributed by atoms with Crippen molar-refractivity contribution in [2.45, 2.75) is 38.9 Å². The van der Waals surface area contributed by atoms with Crippen molar-refractivity contribution < 1.29 is 8.78 Å². The minimum Gasteiger partial charge on any atom is -0.220 e. The Bertz CT molecular complexity index is 408. The predicted octanol–water partition coefficient (Wildman–Crippen LogP) is 4.88. The third kappa shape index (κ3) is 4.86. The molecule has 0 aromatic heterocycles. The Kier molecular flexibility index (Phi) is 4.69. The summed E-state index contributed by atoms with van der Waals surface area (Å²) < 4.78 is 29.5. The van der Waals surface area contributed by atoms with Gasteiger partial charge in [-0.05, 0) is 51.3 Å². The molecule has 0 heterocycles. The molecule has 0 unspecified atom stereocenters. The molecule has 0 atom stereocenters. The van der Waals surface area contributed by atoms with Gasteiger partial charge in [-0.3, -0.25) is 0 Å². The van der Waals surface area contributed by atoms with Crippen LogP contribution >= 0.6 is 11.9 Å². The lowest BCUT2D eigenvalue weighted by Crippen LogP contribution is -2.06. The minimum atomic E-state index is -2.43. The number of hydrogen-bond acceptors (Lipinski definition) is 2. The van der Waals surface area contributed by atoms with E-state index in [0.29, 0.717) is 0 Å². The van der Waals surface area contributed by atoms with Crippen molar-refractivity contribution in [3.05, 3.63) is 35.4 Å². The average molecular weight is 257 g/mol.